The summed E-state index contributed by atoms with van der Waals surface area (Å²) in [5, 5.41) is 3.11. The van der Waals surface area contributed by atoms with Crippen LogP contribution in [0.3, 0.4) is 0 Å². The van der Waals surface area contributed by atoms with E-state index in [1.54, 1.807) is 6.07 Å². The van der Waals surface area contributed by atoms with Crippen molar-refractivity contribution in [2.24, 2.45) is 0 Å². The number of hydrogen-bond donors (Lipinski definition) is 1. The predicted octanol–water partition coefficient (Wildman–Crippen LogP) is 2.64. The van der Waals surface area contributed by atoms with E-state index in [0.717, 1.165) is 12.8 Å². The minimum Gasteiger partial charge on any atom is -0.342 e. The summed E-state index contributed by atoms with van der Waals surface area (Å²) in [5.74, 6) is -0.780. The number of hydrogen-bond acceptors (Lipinski definition) is 2. The number of carbonyl (C=O) groups excluding carboxylic acids is 2. The second kappa shape index (κ2) is 5.30. The Hall–Kier alpha value is -1.62. The van der Waals surface area contributed by atoms with Gasteiger partial charge in [0.25, 0.3) is 5.91 Å². The van der Waals surface area contributed by atoms with Crippen LogP contribution in [-0.4, -0.2) is 23.9 Å². The van der Waals surface area contributed by atoms with Gasteiger partial charge in [-0.05, 0) is 31.0 Å². The lowest BCUT2D eigenvalue weighted by atomic mass is 9.95. The summed E-state index contributed by atoms with van der Waals surface area (Å²) in [7, 11) is 0. The van der Waals surface area contributed by atoms with E-state index in [2.05, 4.69) is 5.32 Å². The Bertz CT molecular complexity index is 579. The van der Waals surface area contributed by atoms with Crippen LogP contribution in [0.5, 0.6) is 0 Å². The first-order valence-corrected chi connectivity index (χ1v) is 7.47. The van der Waals surface area contributed by atoms with Gasteiger partial charge in [-0.25, -0.2) is 4.39 Å². The van der Waals surface area contributed by atoms with Gasteiger partial charge in [0.1, 0.15) is 11.4 Å². The maximum atomic E-state index is 13.6. The van der Waals surface area contributed by atoms with E-state index >= 15 is 0 Å². The Morgan fingerprint density at radius 2 is 1.90 bits per heavy atom. The van der Waals surface area contributed by atoms with Gasteiger partial charge in [0.15, 0.2) is 0 Å². The number of anilines is 1. The van der Waals surface area contributed by atoms with Gasteiger partial charge >= 0.3 is 0 Å². The molecule has 1 aromatic carbocycles. The van der Waals surface area contributed by atoms with Gasteiger partial charge in [-0.3, -0.25) is 9.59 Å². The number of amides is 2. The highest BCUT2D eigenvalue weighted by atomic mass is 35.5. The fraction of sp³-hybridized carbons (Fsp3) is 0.467. The molecule has 1 saturated carbocycles. The first-order valence-electron chi connectivity index (χ1n) is 7.09. The summed E-state index contributed by atoms with van der Waals surface area (Å²) in [4.78, 5) is 26.3. The van der Waals surface area contributed by atoms with Crippen molar-refractivity contribution in [1.82, 2.24) is 5.32 Å². The number of rotatable bonds is 1. The standard InChI is InChI=1S/C15H16ClFN2O2/c16-10-7-11(17)9-12(8-10)19-6-3-13(20)18-15(14(19)21)4-1-2-5-15/h7-9H,1-6H2,(H,18,20). The van der Waals surface area contributed by atoms with Gasteiger partial charge in [0.2, 0.25) is 5.91 Å². The molecule has 3 rings (SSSR count). The van der Waals surface area contributed by atoms with E-state index in [9.17, 15) is 14.0 Å². The maximum Gasteiger partial charge on any atom is 0.252 e. The third-order valence-electron chi connectivity index (χ3n) is 4.21. The normalized spacial score (nSPS) is 21.5. The second-order valence-corrected chi connectivity index (χ2v) is 6.11. The molecule has 0 bridgehead atoms. The molecule has 0 unspecified atom stereocenters. The van der Waals surface area contributed by atoms with Gasteiger partial charge in [-0.15, -0.1) is 0 Å². The van der Waals surface area contributed by atoms with Crippen molar-refractivity contribution in [2.75, 3.05) is 11.4 Å². The first kappa shape index (κ1) is 14.3. The van der Waals surface area contributed by atoms with Gasteiger partial charge in [0, 0.05) is 23.7 Å². The zero-order valence-electron chi connectivity index (χ0n) is 11.5. The number of carbonyl (C=O) groups is 2. The highest BCUT2D eigenvalue weighted by Gasteiger charge is 2.46. The minimum absolute atomic E-state index is 0.129. The molecule has 0 aromatic heterocycles. The zero-order valence-corrected chi connectivity index (χ0v) is 12.3. The lowest BCUT2D eigenvalue weighted by molar-refractivity contribution is -0.129. The largest absolute Gasteiger partial charge is 0.342 e. The molecule has 1 saturated heterocycles. The Kier molecular flexibility index (Phi) is 3.61. The van der Waals surface area contributed by atoms with Crippen molar-refractivity contribution in [3.63, 3.8) is 0 Å². The molecule has 2 amide bonds. The Labute approximate surface area is 127 Å². The fourth-order valence-corrected chi connectivity index (χ4v) is 3.43. The lowest BCUT2D eigenvalue weighted by Crippen LogP contribution is -2.55. The topological polar surface area (TPSA) is 49.4 Å². The van der Waals surface area contributed by atoms with Crippen molar-refractivity contribution in [1.29, 1.82) is 0 Å². The second-order valence-electron chi connectivity index (χ2n) is 5.67. The summed E-state index contributed by atoms with van der Waals surface area (Å²) >= 11 is 5.88. The third kappa shape index (κ3) is 2.62. The molecule has 112 valence electrons. The SMILES string of the molecule is O=C1CCN(c2cc(F)cc(Cl)c2)C(=O)C2(CCCC2)N1. The molecule has 2 aliphatic rings. The molecule has 1 aliphatic heterocycles. The lowest BCUT2D eigenvalue weighted by Gasteiger charge is -2.31. The minimum atomic E-state index is -0.827. The van der Waals surface area contributed by atoms with Crippen LogP contribution >= 0.6 is 11.6 Å². The molecule has 1 spiro atoms. The monoisotopic (exact) mass is 310 g/mol. The Morgan fingerprint density at radius 1 is 1.19 bits per heavy atom. The highest BCUT2D eigenvalue weighted by Crippen LogP contribution is 2.35. The molecular formula is C15H16ClFN2O2. The van der Waals surface area contributed by atoms with Crippen LogP contribution in [0, 0.1) is 5.82 Å². The van der Waals surface area contributed by atoms with Gasteiger partial charge < -0.3 is 10.2 Å². The predicted molar refractivity (Wildman–Crippen MR) is 77.7 cm³/mol. The van der Waals surface area contributed by atoms with E-state index in [4.69, 9.17) is 11.6 Å². The molecule has 1 N–H and O–H groups in total. The smallest absolute Gasteiger partial charge is 0.252 e. The first-order chi connectivity index (χ1) is 10.00. The Balaban J connectivity index is 2.00. The molecule has 6 heteroatoms. The number of benzene rings is 1. The molecule has 1 aromatic rings. The quantitative estimate of drug-likeness (QED) is 0.867. The number of nitrogens with zero attached hydrogens (tertiary/aromatic N) is 1. The molecule has 1 heterocycles. The summed E-state index contributed by atoms with van der Waals surface area (Å²) < 4.78 is 13.6. The zero-order chi connectivity index (χ0) is 15.0. The molecule has 1 aliphatic carbocycles. The van der Waals surface area contributed by atoms with Crippen LogP contribution in [0.4, 0.5) is 10.1 Å². The molecule has 0 atom stereocenters. The average molecular weight is 311 g/mol. The van der Waals surface area contributed by atoms with E-state index in [0.29, 0.717) is 18.5 Å². The number of halogens is 2. The van der Waals surface area contributed by atoms with Crippen LogP contribution in [-0.2, 0) is 9.59 Å². The maximum absolute atomic E-state index is 13.6. The average Bonchev–Trinajstić information content (AvgIpc) is 2.82. The summed E-state index contributed by atoms with van der Waals surface area (Å²) in [6, 6.07) is 4.03. The fourth-order valence-electron chi connectivity index (χ4n) is 3.21. The van der Waals surface area contributed by atoms with E-state index in [1.807, 2.05) is 0 Å². The van der Waals surface area contributed by atoms with Crippen LogP contribution in [0.1, 0.15) is 32.1 Å². The third-order valence-corrected chi connectivity index (χ3v) is 4.43. The summed E-state index contributed by atoms with van der Waals surface area (Å²) in [6.07, 6.45) is 3.30. The van der Waals surface area contributed by atoms with Crippen molar-refractivity contribution < 1.29 is 14.0 Å². The molecule has 2 fully saturated rings. The highest BCUT2D eigenvalue weighted by molar-refractivity contribution is 6.31. The van der Waals surface area contributed by atoms with Crippen molar-refractivity contribution >= 4 is 29.1 Å². The molecule has 21 heavy (non-hydrogen) atoms. The van der Waals surface area contributed by atoms with E-state index in [-0.39, 0.29) is 29.8 Å². The van der Waals surface area contributed by atoms with Crippen molar-refractivity contribution in [2.45, 2.75) is 37.6 Å². The van der Waals surface area contributed by atoms with Gasteiger partial charge in [0.05, 0.1) is 0 Å². The summed E-state index contributed by atoms with van der Waals surface area (Å²) in [6.45, 7) is 0.242. The van der Waals surface area contributed by atoms with Crippen LogP contribution in [0.15, 0.2) is 18.2 Å². The van der Waals surface area contributed by atoms with Crippen LogP contribution < -0.4 is 10.2 Å². The van der Waals surface area contributed by atoms with Crippen LogP contribution in [0.2, 0.25) is 5.02 Å². The number of nitrogens with one attached hydrogen (secondary N) is 1. The molecule has 4 nitrogen and oxygen atoms in total. The molecule has 0 radical (unpaired) electrons. The van der Waals surface area contributed by atoms with Crippen molar-refractivity contribution in [3.05, 3.63) is 29.0 Å². The van der Waals surface area contributed by atoms with Gasteiger partial charge in [-0.1, -0.05) is 24.4 Å². The molecular weight excluding hydrogens is 295 g/mol. The van der Waals surface area contributed by atoms with E-state index in [1.165, 1.54) is 17.0 Å². The summed E-state index contributed by atoms with van der Waals surface area (Å²) in [5.41, 5.74) is -0.417. The van der Waals surface area contributed by atoms with Gasteiger partial charge in [-0.2, -0.15) is 0 Å². The van der Waals surface area contributed by atoms with Crippen molar-refractivity contribution in [3.8, 4) is 0 Å². The van der Waals surface area contributed by atoms with E-state index < -0.39 is 11.4 Å². The van der Waals surface area contributed by atoms with Crippen LogP contribution in [0.25, 0.3) is 0 Å². The Morgan fingerprint density at radius 3 is 2.57 bits per heavy atom.